The highest BCUT2D eigenvalue weighted by Gasteiger charge is 2.19. The molecule has 0 aliphatic carbocycles. The Bertz CT molecular complexity index is 664. The van der Waals surface area contributed by atoms with E-state index in [1.54, 1.807) is 12.1 Å². The van der Waals surface area contributed by atoms with Gasteiger partial charge in [-0.25, -0.2) is 8.42 Å². The molecule has 7 heteroatoms. The molecule has 1 aromatic carbocycles. The van der Waals surface area contributed by atoms with Gasteiger partial charge >= 0.3 is 0 Å². The van der Waals surface area contributed by atoms with Crippen LogP contribution in [0.5, 0.6) is 5.75 Å². The molecule has 2 heterocycles. The Morgan fingerprint density at radius 1 is 1.33 bits per heavy atom. The molecule has 0 radical (unpaired) electrons. The van der Waals surface area contributed by atoms with Gasteiger partial charge in [-0.3, -0.25) is 4.72 Å². The van der Waals surface area contributed by atoms with Gasteiger partial charge in [-0.15, -0.1) is 0 Å². The molecule has 1 aliphatic rings. The van der Waals surface area contributed by atoms with E-state index in [1.165, 1.54) is 18.5 Å². The molecular weight excluding hydrogens is 256 g/mol. The fourth-order valence-electron chi connectivity index (χ4n) is 1.80. The number of benzene rings is 1. The summed E-state index contributed by atoms with van der Waals surface area (Å²) in [5.74, 6) is 0.749. The Morgan fingerprint density at radius 3 is 3.00 bits per heavy atom. The van der Waals surface area contributed by atoms with Gasteiger partial charge in [0.2, 0.25) is 0 Å². The monoisotopic (exact) mass is 266 g/mol. The second kappa shape index (κ2) is 4.02. The highest BCUT2D eigenvalue weighted by molar-refractivity contribution is 7.92. The summed E-state index contributed by atoms with van der Waals surface area (Å²) in [6.07, 6.45) is 3.26. The predicted octanol–water partition coefficient (Wildman–Crippen LogP) is 1.41. The summed E-state index contributed by atoms with van der Waals surface area (Å²) >= 11 is 0. The first kappa shape index (κ1) is 11.1. The van der Waals surface area contributed by atoms with Gasteiger partial charge in [0.05, 0.1) is 17.7 Å². The van der Waals surface area contributed by atoms with Crippen molar-refractivity contribution in [2.24, 2.45) is 0 Å². The van der Waals surface area contributed by atoms with Crippen LogP contribution in [0.1, 0.15) is 5.56 Å². The average molecular weight is 266 g/mol. The Balaban J connectivity index is 1.94. The van der Waals surface area contributed by atoms with Crippen LogP contribution in [0.25, 0.3) is 0 Å². The minimum absolute atomic E-state index is 0.202. The van der Waals surface area contributed by atoms with Crippen LogP contribution in [0.3, 0.4) is 0 Å². The third-order valence-electron chi connectivity index (χ3n) is 2.66. The second-order valence-corrected chi connectivity index (χ2v) is 5.57. The van der Waals surface area contributed by atoms with Crippen LogP contribution in [0.15, 0.2) is 40.1 Å². The maximum atomic E-state index is 12.1. The standard InChI is InChI=1S/C11H10N2O4S/c14-18(15,13-9-6-12-17-7-9)10-1-2-11-8(5-10)3-4-16-11/h1-2,5-7,13H,3-4H2. The summed E-state index contributed by atoms with van der Waals surface area (Å²) < 4.78 is 36.4. The van der Waals surface area contributed by atoms with Crippen molar-refractivity contribution >= 4 is 15.7 Å². The van der Waals surface area contributed by atoms with Crippen molar-refractivity contribution in [1.29, 1.82) is 0 Å². The molecular formula is C11H10N2O4S. The van der Waals surface area contributed by atoms with Crippen LogP contribution >= 0.6 is 0 Å². The normalized spacial score (nSPS) is 14.0. The zero-order valence-electron chi connectivity index (χ0n) is 9.29. The predicted molar refractivity (Wildman–Crippen MR) is 63.0 cm³/mol. The first-order chi connectivity index (χ1) is 8.65. The van der Waals surface area contributed by atoms with E-state index in [2.05, 4.69) is 14.4 Å². The number of hydrogen-bond acceptors (Lipinski definition) is 5. The van der Waals surface area contributed by atoms with Gasteiger partial charge in [-0.2, -0.15) is 0 Å². The van der Waals surface area contributed by atoms with E-state index in [-0.39, 0.29) is 4.90 Å². The van der Waals surface area contributed by atoms with Gasteiger partial charge in [0.1, 0.15) is 17.7 Å². The molecule has 1 aliphatic heterocycles. The van der Waals surface area contributed by atoms with Gasteiger partial charge in [0.15, 0.2) is 0 Å². The van der Waals surface area contributed by atoms with E-state index >= 15 is 0 Å². The minimum atomic E-state index is -3.61. The molecule has 0 fully saturated rings. The van der Waals surface area contributed by atoms with Gasteiger partial charge in [-0.1, -0.05) is 5.16 Å². The summed E-state index contributed by atoms with van der Waals surface area (Å²) in [7, 11) is -3.61. The maximum absolute atomic E-state index is 12.1. The van der Waals surface area contributed by atoms with E-state index in [0.717, 1.165) is 17.7 Å². The molecule has 2 aromatic rings. The first-order valence-corrected chi connectivity index (χ1v) is 6.81. The van der Waals surface area contributed by atoms with Gasteiger partial charge in [0, 0.05) is 6.42 Å². The number of fused-ring (bicyclic) bond motifs is 1. The van der Waals surface area contributed by atoms with Crippen molar-refractivity contribution in [3.8, 4) is 5.75 Å². The zero-order chi connectivity index (χ0) is 12.6. The van der Waals surface area contributed by atoms with Crippen LogP contribution in [-0.4, -0.2) is 20.2 Å². The second-order valence-electron chi connectivity index (χ2n) is 3.89. The largest absolute Gasteiger partial charge is 0.493 e. The first-order valence-electron chi connectivity index (χ1n) is 5.33. The maximum Gasteiger partial charge on any atom is 0.262 e. The number of hydrogen-bond donors (Lipinski definition) is 1. The quantitative estimate of drug-likeness (QED) is 0.908. The van der Waals surface area contributed by atoms with Gasteiger partial charge in [-0.05, 0) is 23.8 Å². The molecule has 18 heavy (non-hydrogen) atoms. The molecule has 1 N–H and O–H groups in total. The average Bonchev–Trinajstić information content (AvgIpc) is 2.97. The smallest absolute Gasteiger partial charge is 0.262 e. The van der Waals surface area contributed by atoms with Crippen molar-refractivity contribution in [2.75, 3.05) is 11.3 Å². The van der Waals surface area contributed by atoms with Gasteiger partial charge < -0.3 is 9.26 Å². The van der Waals surface area contributed by atoms with Crippen molar-refractivity contribution in [3.05, 3.63) is 36.2 Å². The summed E-state index contributed by atoms with van der Waals surface area (Å²) in [5, 5.41) is 3.44. The lowest BCUT2D eigenvalue weighted by Crippen LogP contribution is -2.12. The number of sulfonamides is 1. The molecule has 0 saturated heterocycles. The lowest BCUT2D eigenvalue weighted by molar-refractivity contribution is 0.356. The van der Waals surface area contributed by atoms with E-state index in [0.29, 0.717) is 12.3 Å². The molecule has 0 spiro atoms. The number of aromatic nitrogens is 1. The minimum Gasteiger partial charge on any atom is -0.493 e. The Morgan fingerprint density at radius 2 is 2.22 bits per heavy atom. The summed E-state index contributed by atoms with van der Waals surface area (Å²) in [6, 6.07) is 4.81. The van der Waals surface area contributed by atoms with Crippen molar-refractivity contribution in [3.63, 3.8) is 0 Å². The van der Waals surface area contributed by atoms with Crippen LogP contribution in [0.4, 0.5) is 5.69 Å². The molecule has 0 unspecified atom stereocenters. The summed E-state index contributed by atoms with van der Waals surface area (Å²) in [6.45, 7) is 0.595. The van der Waals surface area contributed by atoms with Crippen LogP contribution in [0, 0.1) is 0 Å². The molecule has 6 nitrogen and oxygen atoms in total. The van der Waals surface area contributed by atoms with Crippen molar-refractivity contribution in [1.82, 2.24) is 5.16 Å². The highest BCUT2D eigenvalue weighted by Crippen LogP contribution is 2.28. The van der Waals surface area contributed by atoms with Crippen LogP contribution < -0.4 is 9.46 Å². The molecule has 3 rings (SSSR count). The number of nitrogens with one attached hydrogen (secondary N) is 1. The molecule has 94 valence electrons. The molecule has 0 bridgehead atoms. The Labute approximate surface area is 104 Å². The molecule has 1 aromatic heterocycles. The SMILES string of the molecule is O=S(=O)(Nc1cnoc1)c1ccc2c(c1)CCO2. The lowest BCUT2D eigenvalue weighted by atomic mass is 10.2. The Hall–Kier alpha value is -2.02. The lowest BCUT2D eigenvalue weighted by Gasteiger charge is -2.06. The molecule has 0 atom stereocenters. The topological polar surface area (TPSA) is 81.4 Å². The number of rotatable bonds is 3. The van der Waals surface area contributed by atoms with E-state index in [1.807, 2.05) is 0 Å². The number of nitrogens with zero attached hydrogens (tertiary/aromatic N) is 1. The third kappa shape index (κ3) is 1.92. The Kier molecular flexibility index (Phi) is 2.48. The van der Waals surface area contributed by atoms with Crippen molar-refractivity contribution in [2.45, 2.75) is 11.3 Å². The van der Waals surface area contributed by atoms with Crippen LogP contribution in [-0.2, 0) is 16.4 Å². The fourth-order valence-corrected chi connectivity index (χ4v) is 2.87. The fraction of sp³-hybridized carbons (Fsp3) is 0.182. The van der Waals surface area contributed by atoms with Gasteiger partial charge in [0.25, 0.3) is 10.0 Å². The van der Waals surface area contributed by atoms with E-state index in [9.17, 15) is 8.42 Å². The number of ether oxygens (including phenoxy) is 1. The van der Waals surface area contributed by atoms with Crippen LogP contribution in [0.2, 0.25) is 0 Å². The number of anilines is 1. The third-order valence-corrected chi connectivity index (χ3v) is 4.03. The molecule has 0 saturated carbocycles. The van der Waals surface area contributed by atoms with E-state index < -0.39 is 10.0 Å². The summed E-state index contributed by atoms with van der Waals surface area (Å²) in [5.41, 5.74) is 1.20. The van der Waals surface area contributed by atoms with E-state index in [4.69, 9.17) is 4.74 Å². The highest BCUT2D eigenvalue weighted by atomic mass is 32.2. The molecule has 0 amide bonds. The van der Waals surface area contributed by atoms with Crippen molar-refractivity contribution < 1.29 is 17.7 Å². The summed E-state index contributed by atoms with van der Waals surface area (Å²) in [4.78, 5) is 0.202. The zero-order valence-corrected chi connectivity index (χ0v) is 10.1.